The molecule has 1 aromatic carbocycles. The van der Waals surface area contributed by atoms with E-state index < -0.39 is 8.32 Å². The van der Waals surface area contributed by atoms with E-state index >= 15 is 4.39 Å². The number of hydrogen-bond donors (Lipinski definition) is 0. The summed E-state index contributed by atoms with van der Waals surface area (Å²) in [5, 5.41) is 0.0663. The zero-order valence-corrected chi connectivity index (χ0v) is 18.9. The molecule has 1 saturated heterocycles. The summed E-state index contributed by atoms with van der Waals surface area (Å²) in [5.74, 6) is -0.346. The Kier molecular flexibility index (Phi) is 6.10. The molecule has 0 aliphatic carbocycles. The molecule has 2 heterocycles. The second-order valence-corrected chi connectivity index (χ2v) is 13.8. The molecule has 0 unspecified atom stereocenters. The van der Waals surface area contributed by atoms with Crippen LogP contribution in [0, 0.1) is 5.82 Å². The monoisotopic (exact) mass is 415 g/mol. The molecule has 3 rings (SSSR count). The van der Waals surface area contributed by atoms with Crippen LogP contribution in [0.2, 0.25) is 18.1 Å². The van der Waals surface area contributed by atoms with Crippen LogP contribution in [-0.2, 0) is 15.8 Å². The van der Waals surface area contributed by atoms with Gasteiger partial charge in [-0.15, -0.1) is 0 Å². The summed E-state index contributed by atoms with van der Waals surface area (Å²) < 4.78 is 21.4. The quantitative estimate of drug-likeness (QED) is 0.670. The number of aromatic nitrogens is 1. The molecular formula is C22H30FN3O2Si. The molecule has 1 aliphatic rings. The van der Waals surface area contributed by atoms with E-state index in [4.69, 9.17) is 4.43 Å². The van der Waals surface area contributed by atoms with Crippen LogP contribution >= 0.6 is 0 Å². The van der Waals surface area contributed by atoms with Crippen LogP contribution in [0.25, 0.3) is 0 Å². The lowest BCUT2D eigenvalue weighted by Crippen LogP contribution is -2.51. The third-order valence-electron chi connectivity index (χ3n) is 5.99. The number of amides is 1. The van der Waals surface area contributed by atoms with Crippen molar-refractivity contribution >= 4 is 25.6 Å². The highest BCUT2D eigenvalue weighted by Crippen LogP contribution is 2.37. The van der Waals surface area contributed by atoms with Crippen LogP contribution in [0.4, 0.5) is 15.8 Å². The zero-order valence-electron chi connectivity index (χ0n) is 17.9. The Hall–Kier alpha value is -2.25. The number of hydrogen-bond acceptors (Lipinski definition) is 4. The molecule has 0 bridgehead atoms. The van der Waals surface area contributed by atoms with E-state index in [1.54, 1.807) is 29.4 Å². The maximum absolute atomic E-state index is 15.2. The molecule has 156 valence electrons. The van der Waals surface area contributed by atoms with Crippen LogP contribution in [0.15, 0.2) is 42.7 Å². The van der Waals surface area contributed by atoms with E-state index in [0.717, 1.165) is 5.69 Å². The van der Waals surface area contributed by atoms with Gasteiger partial charge < -0.3 is 14.2 Å². The van der Waals surface area contributed by atoms with Crippen molar-refractivity contribution in [3.63, 3.8) is 0 Å². The molecule has 1 aliphatic heterocycles. The smallest absolute Gasteiger partial charge is 0.246 e. The Morgan fingerprint density at radius 1 is 1.14 bits per heavy atom. The molecule has 2 aromatic rings. The molecule has 1 fully saturated rings. The fourth-order valence-electron chi connectivity index (χ4n) is 3.07. The van der Waals surface area contributed by atoms with Gasteiger partial charge in [-0.2, -0.15) is 0 Å². The van der Waals surface area contributed by atoms with E-state index in [1.807, 2.05) is 23.1 Å². The standard InChI is InChI=1S/C22H30FN3O2Si/c1-22(2,3)29(4,5)28-16-17-7-6-8-19(21(17)23)25-13-14-26(20(27)15-25)18-9-11-24-12-10-18/h6-12H,13-16H2,1-5H3. The van der Waals surface area contributed by atoms with Gasteiger partial charge in [0.15, 0.2) is 14.1 Å². The fourth-order valence-corrected chi connectivity index (χ4v) is 4.02. The first-order valence-corrected chi connectivity index (χ1v) is 12.9. The highest BCUT2D eigenvalue weighted by Gasteiger charge is 2.37. The van der Waals surface area contributed by atoms with Gasteiger partial charge in [0.2, 0.25) is 5.91 Å². The molecular weight excluding hydrogens is 385 g/mol. The van der Waals surface area contributed by atoms with Gasteiger partial charge in [-0.05, 0) is 36.3 Å². The Balaban J connectivity index is 1.73. The molecule has 0 saturated carbocycles. The first kappa shape index (κ1) is 21.5. The third kappa shape index (κ3) is 4.67. The number of pyridine rings is 1. The molecule has 0 N–H and O–H groups in total. The average Bonchev–Trinajstić information content (AvgIpc) is 2.67. The minimum absolute atomic E-state index is 0.0511. The van der Waals surface area contributed by atoms with Crippen molar-refractivity contribution < 1.29 is 13.6 Å². The molecule has 0 spiro atoms. The predicted octanol–water partition coefficient (Wildman–Crippen LogP) is 4.60. The van der Waals surface area contributed by atoms with Crippen molar-refractivity contribution in [1.29, 1.82) is 0 Å². The van der Waals surface area contributed by atoms with Crippen molar-refractivity contribution in [1.82, 2.24) is 4.98 Å². The normalized spacial score (nSPS) is 15.7. The summed E-state index contributed by atoms with van der Waals surface area (Å²) in [6.07, 6.45) is 3.33. The van der Waals surface area contributed by atoms with Crippen molar-refractivity contribution in [2.75, 3.05) is 29.4 Å². The summed E-state index contributed by atoms with van der Waals surface area (Å²) in [4.78, 5) is 20.2. The zero-order chi connectivity index (χ0) is 21.2. The first-order chi connectivity index (χ1) is 13.6. The van der Waals surface area contributed by atoms with Gasteiger partial charge in [-0.25, -0.2) is 4.39 Å². The minimum Gasteiger partial charge on any atom is -0.412 e. The number of benzene rings is 1. The second kappa shape index (κ2) is 8.24. The van der Waals surface area contributed by atoms with Crippen LogP contribution in [0.5, 0.6) is 0 Å². The van der Waals surface area contributed by atoms with Gasteiger partial charge in [-0.1, -0.05) is 32.9 Å². The Morgan fingerprint density at radius 2 is 1.83 bits per heavy atom. The predicted molar refractivity (Wildman–Crippen MR) is 117 cm³/mol. The van der Waals surface area contributed by atoms with Crippen LogP contribution in [0.3, 0.4) is 0 Å². The van der Waals surface area contributed by atoms with E-state index in [2.05, 4.69) is 38.8 Å². The summed E-state index contributed by atoms with van der Waals surface area (Å²) in [7, 11) is -1.97. The van der Waals surface area contributed by atoms with E-state index in [1.165, 1.54) is 0 Å². The van der Waals surface area contributed by atoms with Gasteiger partial charge >= 0.3 is 0 Å². The average molecular weight is 416 g/mol. The van der Waals surface area contributed by atoms with Crippen molar-refractivity contribution in [2.24, 2.45) is 0 Å². The Morgan fingerprint density at radius 3 is 2.45 bits per heavy atom. The third-order valence-corrected chi connectivity index (χ3v) is 10.5. The Labute approximate surface area is 173 Å². The largest absolute Gasteiger partial charge is 0.412 e. The lowest BCUT2D eigenvalue weighted by atomic mass is 10.1. The van der Waals surface area contributed by atoms with Crippen molar-refractivity contribution in [3.05, 3.63) is 54.1 Å². The number of anilines is 2. The SMILES string of the molecule is CC(C)(C)[Si](C)(C)OCc1cccc(N2CCN(c3ccncc3)C(=O)C2)c1F. The van der Waals surface area contributed by atoms with E-state index in [0.29, 0.717) is 24.3 Å². The molecule has 5 nitrogen and oxygen atoms in total. The number of carbonyl (C=O) groups excluding carboxylic acids is 1. The van der Waals surface area contributed by atoms with Gasteiger partial charge in [0, 0.05) is 36.7 Å². The lowest BCUT2D eigenvalue weighted by molar-refractivity contribution is -0.117. The number of piperazine rings is 1. The highest BCUT2D eigenvalue weighted by atomic mass is 28.4. The molecule has 0 atom stereocenters. The van der Waals surface area contributed by atoms with E-state index in [-0.39, 0.29) is 29.9 Å². The topological polar surface area (TPSA) is 45.7 Å². The minimum atomic E-state index is -1.97. The summed E-state index contributed by atoms with van der Waals surface area (Å²) in [6.45, 7) is 12.3. The number of carbonyl (C=O) groups is 1. The van der Waals surface area contributed by atoms with Gasteiger partial charge in [0.1, 0.15) is 0 Å². The molecule has 1 amide bonds. The van der Waals surface area contributed by atoms with E-state index in [9.17, 15) is 4.79 Å². The maximum atomic E-state index is 15.2. The summed E-state index contributed by atoms with van der Waals surface area (Å²) >= 11 is 0. The molecule has 0 radical (unpaired) electrons. The molecule has 1 aromatic heterocycles. The second-order valence-electron chi connectivity index (χ2n) is 8.97. The number of rotatable bonds is 5. The van der Waals surface area contributed by atoms with Crippen LogP contribution in [-0.4, -0.2) is 38.8 Å². The lowest BCUT2D eigenvalue weighted by Gasteiger charge is -2.37. The summed E-state index contributed by atoms with van der Waals surface area (Å²) in [6, 6.07) is 8.96. The number of nitrogens with zero attached hydrogens (tertiary/aromatic N) is 3. The highest BCUT2D eigenvalue weighted by molar-refractivity contribution is 6.74. The number of halogens is 1. The van der Waals surface area contributed by atoms with Crippen LogP contribution < -0.4 is 9.80 Å². The Bertz CT molecular complexity index is 868. The first-order valence-electron chi connectivity index (χ1n) is 9.97. The van der Waals surface area contributed by atoms with Crippen molar-refractivity contribution in [2.45, 2.75) is 45.5 Å². The molecule has 29 heavy (non-hydrogen) atoms. The van der Waals surface area contributed by atoms with Gasteiger partial charge in [0.05, 0.1) is 18.8 Å². The summed E-state index contributed by atoms with van der Waals surface area (Å²) in [5.41, 5.74) is 1.82. The van der Waals surface area contributed by atoms with Gasteiger partial charge in [-0.3, -0.25) is 9.78 Å². The van der Waals surface area contributed by atoms with Gasteiger partial charge in [0.25, 0.3) is 0 Å². The van der Waals surface area contributed by atoms with Crippen LogP contribution in [0.1, 0.15) is 26.3 Å². The molecule has 7 heteroatoms. The maximum Gasteiger partial charge on any atom is 0.246 e. The van der Waals surface area contributed by atoms with Crippen molar-refractivity contribution in [3.8, 4) is 0 Å². The fraction of sp³-hybridized carbons (Fsp3) is 0.455.